The lowest BCUT2D eigenvalue weighted by atomic mass is 10.1. The second-order valence-electron chi connectivity index (χ2n) is 5.33. The van der Waals surface area contributed by atoms with Crippen molar-refractivity contribution in [2.75, 3.05) is 6.61 Å². The van der Waals surface area contributed by atoms with E-state index in [0.29, 0.717) is 40.8 Å². The number of carbonyl (C=O) groups excluding carboxylic acids is 1. The minimum Gasteiger partial charge on any atom is -0.461 e. The van der Waals surface area contributed by atoms with Crippen LogP contribution in [0.3, 0.4) is 0 Å². The molecule has 8 heteroatoms. The number of aryl methyl sites for hydroxylation is 2. The van der Waals surface area contributed by atoms with E-state index in [9.17, 15) is 4.79 Å². The maximum atomic E-state index is 12.0. The summed E-state index contributed by atoms with van der Waals surface area (Å²) < 4.78 is 10.4. The number of esters is 1. The highest BCUT2D eigenvalue weighted by Gasteiger charge is 2.23. The topological polar surface area (TPSA) is 107 Å². The predicted octanol–water partition coefficient (Wildman–Crippen LogP) is 2.62. The summed E-state index contributed by atoms with van der Waals surface area (Å²) in [6, 6.07) is 3.60. The van der Waals surface area contributed by atoms with Crippen molar-refractivity contribution >= 4 is 5.97 Å². The second-order valence-corrected chi connectivity index (χ2v) is 5.33. The summed E-state index contributed by atoms with van der Waals surface area (Å²) in [5, 5.41) is 12.0. The Morgan fingerprint density at radius 2 is 2.04 bits per heavy atom. The van der Waals surface area contributed by atoms with Crippen LogP contribution in [0.1, 0.15) is 34.4 Å². The molecule has 0 bridgehead atoms. The Labute approximate surface area is 138 Å². The monoisotopic (exact) mass is 327 g/mol. The highest BCUT2D eigenvalue weighted by Crippen LogP contribution is 2.29. The van der Waals surface area contributed by atoms with Crippen molar-refractivity contribution in [3.8, 4) is 23.0 Å². The molecule has 0 aromatic carbocycles. The summed E-state index contributed by atoms with van der Waals surface area (Å²) in [4.78, 5) is 19.4. The standard InChI is InChI=1S/C16H17N5O3/c1-5-23-16(22)13-9(3)12(10(4)17-13)15-18-14(21-24-15)11-7-6-8(2)19-20-11/h6-7,17H,5H2,1-4H3. The van der Waals surface area contributed by atoms with Crippen LogP contribution in [0, 0.1) is 20.8 Å². The number of aromatic amines is 1. The Balaban J connectivity index is 1.98. The average molecular weight is 327 g/mol. The van der Waals surface area contributed by atoms with Crippen molar-refractivity contribution in [3.05, 3.63) is 34.8 Å². The fraction of sp³-hybridized carbons (Fsp3) is 0.312. The zero-order chi connectivity index (χ0) is 17.3. The average Bonchev–Trinajstić information content (AvgIpc) is 3.13. The van der Waals surface area contributed by atoms with Gasteiger partial charge in [0.05, 0.1) is 17.9 Å². The molecule has 8 nitrogen and oxygen atoms in total. The van der Waals surface area contributed by atoms with Crippen LogP contribution in [0.2, 0.25) is 0 Å². The van der Waals surface area contributed by atoms with Crippen LogP contribution in [0.4, 0.5) is 0 Å². The molecule has 0 saturated carbocycles. The van der Waals surface area contributed by atoms with Gasteiger partial charge in [0, 0.05) is 5.69 Å². The lowest BCUT2D eigenvalue weighted by Crippen LogP contribution is -2.06. The van der Waals surface area contributed by atoms with Crippen LogP contribution in [0.25, 0.3) is 23.0 Å². The molecule has 24 heavy (non-hydrogen) atoms. The van der Waals surface area contributed by atoms with Gasteiger partial charge in [0.25, 0.3) is 5.89 Å². The van der Waals surface area contributed by atoms with Crippen LogP contribution < -0.4 is 0 Å². The number of ether oxygens (including phenoxy) is 1. The molecular weight excluding hydrogens is 310 g/mol. The molecule has 1 N–H and O–H groups in total. The third kappa shape index (κ3) is 2.78. The minimum atomic E-state index is -0.409. The molecule has 124 valence electrons. The van der Waals surface area contributed by atoms with Gasteiger partial charge < -0.3 is 14.2 Å². The van der Waals surface area contributed by atoms with Gasteiger partial charge in [-0.2, -0.15) is 10.1 Å². The van der Waals surface area contributed by atoms with Gasteiger partial charge in [-0.1, -0.05) is 5.16 Å². The van der Waals surface area contributed by atoms with Crippen molar-refractivity contribution in [1.29, 1.82) is 0 Å². The summed E-state index contributed by atoms with van der Waals surface area (Å²) in [6.07, 6.45) is 0. The van der Waals surface area contributed by atoms with E-state index in [4.69, 9.17) is 9.26 Å². The smallest absolute Gasteiger partial charge is 0.355 e. The van der Waals surface area contributed by atoms with E-state index < -0.39 is 5.97 Å². The van der Waals surface area contributed by atoms with Gasteiger partial charge in [-0.05, 0) is 45.4 Å². The Morgan fingerprint density at radius 1 is 1.25 bits per heavy atom. The van der Waals surface area contributed by atoms with Gasteiger partial charge in [-0.25, -0.2) is 4.79 Å². The molecule has 0 unspecified atom stereocenters. The summed E-state index contributed by atoms with van der Waals surface area (Å²) in [5.41, 5.74) is 3.86. The molecule has 3 aromatic heterocycles. The van der Waals surface area contributed by atoms with Crippen molar-refractivity contribution < 1.29 is 14.1 Å². The van der Waals surface area contributed by atoms with Crippen molar-refractivity contribution in [2.24, 2.45) is 0 Å². The van der Waals surface area contributed by atoms with Crippen molar-refractivity contribution in [2.45, 2.75) is 27.7 Å². The highest BCUT2D eigenvalue weighted by molar-refractivity contribution is 5.92. The Kier molecular flexibility index (Phi) is 4.11. The molecule has 0 aliphatic rings. The predicted molar refractivity (Wildman–Crippen MR) is 85.3 cm³/mol. The van der Waals surface area contributed by atoms with Gasteiger partial charge in [0.15, 0.2) is 0 Å². The Hall–Kier alpha value is -3.03. The minimum absolute atomic E-state index is 0.308. The van der Waals surface area contributed by atoms with Crippen molar-refractivity contribution in [1.82, 2.24) is 25.3 Å². The highest BCUT2D eigenvalue weighted by atomic mass is 16.5. The molecule has 0 spiro atoms. The number of nitrogens with one attached hydrogen (secondary N) is 1. The third-order valence-corrected chi connectivity index (χ3v) is 3.58. The maximum absolute atomic E-state index is 12.0. The molecule has 0 atom stereocenters. The van der Waals surface area contributed by atoms with Gasteiger partial charge in [0.1, 0.15) is 11.4 Å². The SMILES string of the molecule is CCOC(=O)c1[nH]c(C)c(-c2nc(-c3ccc(C)nn3)no2)c1C. The first-order chi connectivity index (χ1) is 11.5. The van der Waals surface area contributed by atoms with Crippen LogP contribution in [0.5, 0.6) is 0 Å². The van der Waals surface area contributed by atoms with Gasteiger partial charge in [-0.3, -0.25) is 0 Å². The number of aromatic nitrogens is 5. The van der Waals surface area contributed by atoms with Crippen LogP contribution >= 0.6 is 0 Å². The van der Waals surface area contributed by atoms with Gasteiger partial charge >= 0.3 is 5.97 Å². The van der Waals surface area contributed by atoms with E-state index in [1.165, 1.54) is 0 Å². The molecule has 0 saturated heterocycles. The Morgan fingerprint density at radius 3 is 2.71 bits per heavy atom. The fourth-order valence-corrected chi connectivity index (χ4v) is 2.43. The molecule has 3 heterocycles. The molecule has 3 aromatic rings. The second kappa shape index (κ2) is 6.23. The zero-order valence-corrected chi connectivity index (χ0v) is 13.9. The quantitative estimate of drug-likeness (QED) is 0.734. The summed E-state index contributed by atoms with van der Waals surface area (Å²) >= 11 is 0. The first kappa shape index (κ1) is 15.9. The molecule has 0 amide bonds. The van der Waals surface area contributed by atoms with E-state index >= 15 is 0 Å². The summed E-state index contributed by atoms with van der Waals surface area (Å²) in [5.74, 6) is 0.248. The number of hydrogen-bond acceptors (Lipinski definition) is 7. The number of H-pyrrole nitrogens is 1. The van der Waals surface area contributed by atoms with Crippen LogP contribution in [-0.2, 0) is 4.74 Å². The van der Waals surface area contributed by atoms with E-state index in [0.717, 1.165) is 11.4 Å². The number of carbonyl (C=O) groups is 1. The lowest BCUT2D eigenvalue weighted by molar-refractivity contribution is 0.0519. The number of nitrogens with zero attached hydrogens (tertiary/aromatic N) is 4. The van der Waals surface area contributed by atoms with E-state index in [1.54, 1.807) is 19.9 Å². The number of rotatable bonds is 4. The molecule has 0 aliphatic carbocycles. The molecule has 0 fully saturated rings. The van der Waals surface area contributed by atoms with E-state index in [-0.39, 0.29) is 0 Å². The third-order valence-electron chi connectivity index (χ3n) is 3.58. The first-order valence-corrected chi connectivity index (χ1v) is 7.52. The summed E-state index contributed by atoms with van der Waals surface area (Å²) in [6.45, 7) is 7.56. The molecule has 0 radical (unpaired) electrons. The molecule has 3 rings (SSSR count). The summed E-state index contributed by atoms with van der Waals surface area (Å²) in [7, 11) is 0. The van der Waals surface area contributed by atoms with Crippen LogP contribution in [-0.4, -0.2) is 37.9 Å². The maximum Gasteiger partial charge on any atom is 0.355 e. The fourth-order valence-electron chi connectivity index (χ4n) is 2.43. The first-order valence-electron chi connectivity index (χ1n) is 7.52. The zero-order valence-electron chi connectivity index (χ0n) is 13.9. The lowest BCUT2D eigenvalue weighted by Gasteiger charge is -2.00. The molecule has 0 aliphatic heterocycles. The number of hydrogen-bond donors (Lipinski definition) is 1. The normalized spacial score (nSPS) is 10.8. The largest absolute Gasteiger partial charge is 0.461 e. The van der Waals surface area contributed by atoms with Gasteiger partial charge in [-0.15, -0.1) is 5.10 Å². The van der Waals surface area contributed by atoms with Gasteiger partial charge in [0.2, 0.25) is 5.82 Å². The Bertz CT molecular complexity index is 880. The van der Waals surface area contributed by atoms with Crippen molar-refractivity contribution in [3.63, 3.8) is 0 Å². The molecular formula is C16H17N5O3. The van der Waals surface area contributed by atoms with Crippen LogP contribution in [0.15, 0.2) is 16.7 Å². The van der Waals surface area contributed by atoms with E-state index in [1.807, 2.05) is 19.9 Å². The van der Waals surface area contributed by atoms with E-state index in [2.05, 4.69) is 25.3 Å².